The Kier molecular flexibility index (Phi) is 4.50. The Balaban J connectivity index is 2.00. The lowest BCUT2D eigenvalue weighted by Crippen LogP contribution is -2.43. The number of hydrogen-bond acceptors (Lipinski definition) is 2. The minimum atomic E-state index is -2.60. The fourth-order valence-corrected chi connectivity index (χ4v) is 2.87. The summed E-state index contributed by atoms with van der Waals surface area (Å²) in [5, 5.41) is 2.62. The van der Waals surface area contributed by atoms with E-state index in [1.165, 1.54) is 0 Å². The van der Waals surface area contributed by atoms with Crippen molar-refractivity contribution < 1.29 is 13.6 Å². The van der Waals surface area contributed by atoms with Crippen molar-refractivity contribution in [3.05, 3.63) is 28.5 Å². The van der Waals surface area contributed by atoms with Crippen molar-refractivity contribution in [1.82, 2.24) is 10.3 Å². The minimum Gasteiger partial charge on any atom is -0.351 e. The van der Waals surface area contributed by atoms with Crippen molar-refractivity contribution in [2.75, 3.05) is 0 Å². The van der Waals surface area contributed by atoms with Crippen LogP contribution in [0.5, 0.6) is 0 Å². The van der Waals surface area contributed by atoms with E-state index >= 15 is 0 Å². The average molecular weight is 333 g/mol. The molecular formula is C13H15BrF2N2O. The van der Waals surface area contributed by atoms with Crippen LogP contribution < -0.4 is 5.32 Å². The number of pyridine rings is 1. The second-order valence-corrected chi connectivity index (χ2v) is 5.65. The summed E-state index contributed by atoms with van der Waals surface area (Å²) in [6, 6.07) is 3.50. The molecule has 6 heteroatoms. The van der Waals surface area contributed by atoms with Crippen LogP contribution in [0, 0.1) is 5.41 Å². The van der Waals surface area contributed by atoms with Gasteiger partial charge in [-0.15, -0.1) is 0 Å². The van der Waals surface area contributed by atoms with Gasteiger partial charge in [0, 0.05) is 12.7 Å². The van der Waals surface area contributed by atoms with Crippen LogP contribution in [-0.4, -0.2) is 17.3 Å². The zero-order chi connectivity index (χ0) is 13.9. The molecule has 1 N–H and O–H groups in total. The number of rotatable bonds is 4. The maximum Gasteiger partial charge on any atom is 0.252 e. The van der Waals surface area contributed by atoms with Gasteiger partial charge in [0.2, 0.25) is 5.91 Å². The predicted molar refractivity (Wildman–Crippen MR) is 70.7 cm³/mol. The summed E-state index contributed by atoms with van der Waals surface area (Å²) in [4.78, 5) is 16.0. The molecule has 2 rings (SSSR count). The largest absolute Gasteiger partial charge is 0.351 e. The van der Waals surface area contributed by atoms with Crippen molar-refractivity contribution in [2.45, 2.75) is 38.7 Å². The van der Waals surface area contributed by atoms with Gasteiger partial charge in [-0.05, 0) is 46.5 Å². The van der Waals surface area contributed by atoms with E-state index in [1.807, 2.05) is 0 Å². The highest BCUT2D eigenvalue weighted by Gasteiger charge is 2.48. The number of alkyl halides is 2. The molecule has 1 aromatic heterocycles. The molecule has 3 nitrogen and oxygen atoms in total. The van der Waals surface area contributed by atoms with Crippen LogP contribution in [0.2, 0.25) is 0 Å². The molecule has 1 aliphatic rings. The van der Waals surface area contributed by atoms with E-state index in [1.54, 1.807) is 18.3 Å². The van der Waals surface area contributed by atoms with E-state index in [2.05, 4.69) is 26.2 Å². The van der Waals surface area contributed by atoms with Crippen molar-refractivity contribution >= 4 is 21.8 Å². The Hall–Kier alpha value is -1.04. The molecule has 0 unspecified atom stereocenters. The third-order valence-electron chi connectivity index (χ3n) is 3.61. The van der Waals surface area contributed by atoms with Gasteiger partial charge in [0.05, 0.1) is 0 Å². The Bertz CT molecular complexity index is 462. The van der Waals surface area contributed by atoms with E-state index in [-0.39, 0.29) is 19.4 Å². The van der Waals surface area contributed by atoms with Crippen molar-refractivity contribution in [1.29, 1.82) is 0 Å². The van der Waals surface area contributed by atoms with E-state index in [0.717, 1.165) is 5.56 Å². The third kappa shape index (κ3) is 3.11. The number of nitrogens with zero attached hydrogens (tertiary/aromatic N) is 1. The van der Waals surface area contributed by atoms with Crippen LogP contribution in [0.25, 0.3) is 0 Å². The molecule has 19 heavy (non-hydrogen) atoms. The first-order valence-corrected chi connectivity index (χ1v) is 7.01. The average Bonchev–Trinajstić information content (AvgIpc) is 2.86. The highest BCUT2D eigenvalue weighted by molar-refractivity contribution is 9.10. The highest BCUT2D eigenvalue weighted by Crippen LogP contribution is 2.43. The number of amides is 1. The first-order valence-electron chi connectivity index (χ1n) is 6.21. The molecule has 0 spiro atoms. The van der Waals surface area contributed by atoms with Gasteiger partial charge in [-0.25, -0.2) is 13.8 Å². The first-order chi connectivity index (χ1) is 9.04. The summed E-state index contributed by atoms with van der Waals surface area (Å²) in [7, 11) is 0. The van der Waals surface area contributed by atoms with Crippen LogP contribution in [0.3, 0.4) is 0 Å². The van der Waals surface area contributed by atoms with E-state index in [4.69, 9.17) is 0 Å². The minimum absolute atomic E-state index is 0.244. The number of carbonyl (C=O) groups is 1. The van der Waals surface area contributed by atoms with Crippen LogP contribution in [0.1, 0.15) is 31.2 Å². The van der Waals surface area contributed by atoms with Gasteiger partial charge in [-0.2, -0.15) is 0 Å². The summed E-state index contributed by atoms with van der Waals surface area (Å²) >= 11 is 3.23. The second kappa shape index (κ2) is 5.94. The molecule has 0 bridgehead atoms. The van der Waals surface area contributed by atoms with E-state index < -0.39 is 17.7 Å². The van der Waals surface area contributed by atoms with Crippen molar-refractivity contribution in [3.63, 3.8) is 0 Å². The van der Waals surface area contributed by atoms with Gasteiger partial charge < -0.3 is 5.32 Å². The second-order valence-electron chi connectivity index (χ2n) is 4.83. The summed E-state index contributed by atoms with van der Waals surface area (Å²) < 4.78 is 27.0. The third-order valence-corrected chi connectivity index (χ3v) is 4.04. The Morgan fingerprint density at radius 3 is 2.74 bits per heavy atom. The van der Waals surface area contributed by atoms with Crippen LogP contribution in [0.4, 0.5) is 8.78 Å². The Morgan fingerprint density at radius 1 is 1.47 bits per heavy atom. The summed E-state index contributed by atoms with van der Waals surface area (Å²) in [5.41, 5.74) is -0.651. The van der Waals surface area contributed by atoms with Gasteiger partial charge in [0.1, 0.15) is 10.0 Å². The Morgan fingerprint density at radius 2 is 2.16 bits per heavy atom. The number of aromatic nitrogens is 1. The normalized spacial score (nSPS) is 17.7. The highest BCUT2D eigenvalue weighted by atomic mass is 79.9. The standard InChI is InChI=1S/C13H15BrF2N2O/c14-10-7-9(3-6-17-10)8-18-12(19)13(11(15)16)4-1-2-5-13/h3,6-7,11H,1-2,4-5,8H2,(H,18,19). The van der Waals surface area contributed by atoms with E-state index in [9.17, 15) is 13.6 Å². The molecule has 1 amide bonds. The topological polar surface area (TPSA) is 42.0 Å². The Labute approximate surface area is 118 Å². The smallest absolute Gasteiger partial charge is 0.252 e. The van der Waals surface area contributed by atoms with Gasteiger partial charge in [0.15, 0.2) is 0 Å². The number of nitrogens with one attached hydrogen (secondary N) is 1. The molecule has 104 valence electrons. The van der Waals surface area contributed by atoms with Crippen LogP contribution in [0.15, 0.2) is 22.9 Å². The van der Waals surface area contributed by atoms with Crippen LogP contribution >= 0.6 is 15.9 Å². The zero-order valence-corrected chi connectivity index (χ0v) is 11.9. The molecule has 1 aromatic rings. The molecule has 0 atom stereocenters. The summed E-state index contributed by atoms with van der Waals surface area (Å²) in [6.45, 7) is 0.244. The molecule has 0 saturated heterocycles. The lowest BCUT2D eigenvalue weighted by molar-refractivity contribution is -0.140. The maximum atomic E-state index is 13.2. The number of halogens is 3. The van der Waals surface area contributed by atoms with Crippen LogP contribution in [-0.2, 0) is 11.3 Å². The van der Waals surface area contributed by atoms with Gasteiger partial charge in [-0.3, -0.25) is 4.79 Å². The number of carbonyl (C=O) groups excluding carboxylic acids is 1. The molecule has 1 saturated carbocycles. The predicted octanol–water partition coefficient (Wildman–Crippen LogP) is 3.29. The lowest BCUT2D eigenvalue weighted by atomic mass is 9.85. The van der Waals surface area contributed by atoms with Gasteiger partial charge >= 0.3 is 0 Å². The fourth-order valence-electron chi connectivity index (χ4n) is 2.46. The molecule has 1 heterocycles. The zero-order valence-electron chi connectivity index (χ0n) is 10.3. The number of hydrogen-bond donors (Lipinski definition) is 1. The molecule has 0 aromatic carbocycles. The van der Waals surface area contributed by atoms with Gasteiger partial charge in [0.25, 0.3) is 6.43 Å². The molecule has 1 fully saturated rings. The quantitative estimate of drug-likeness (QED) is 0.859. The molecular weight excluding hydrogens is 318 g/mol. The van der Waals surface area contributed by atoms with Gasteiger partial charge in [-0.1, -0.05) is 12.8 Å². The monoisotopic (exact) mass is 332 g/mol. The summed E-state index contributed by atoms with van der Waals surface area (Å²) in [5.74, 6) is -0.534. The van der Waals surface area contributed by atoms with Crippen molar-refractivity contribution in [2.24, 2.45) is 5.41 Å². The molecule has 1 aliphatic carbocycles. The molecule has 0 radical (unpaired) electrons. The lowest BCUT2D eigenvalue weighted by Gasteiger charge is -2.26. The van der Waals surface area contributed by atoms with E-state index in [0.29, 0.717) is 17.4 Å². The first kappa shape index (κ1) is 14.4. The van der Waals surface area contributed by atoms with Crippen molar-refractivity contribution in [3.8, 4) is 0 Å². The fraction of sp³-hybridized carbons (Fsp3) is 0.538. The molecule has 0 aliphatic heterocycles. The maximum absolute atomic E-state index is 13.2. The summed E-state index contributed by atoms with van der Waals surface area (Å²) in [6.07, 6.45) is 0.938. The SMILES string of the molecule is O=C(NCc1ccnc(Br)c1)C1(C(F)F)CCCC1.